The molecule has 0 aromatic heterocycles. The van der Waals surface area contributed by atoms with Crippen LogP contribution >= 0.6 is 31.9 Å². The van der Waals surface area contributed by atoms with Gasteiger partial charge in [0.2, 0.25) is 0 Å². The summed E-state index contributed by atoms with van der Waals surface area (Å²) in [5.74, 6) is 2.75. The molecule has 1 aromatic rings. The molecule has 2 atom stereocenters. The van der Waals surface area contributed by atoms with Gasteiger partial charge in [0.1, 0.15) is 0 Å². The number of nitrogens with one attached hydrogen (secondary N) is 1. The molecule has 0 saturated heterocycles. The van der Waals surface area contributed by atoms with Crippen molar-refractivity contribution in [1.29, 1.82) is 0 Å². The van der Waals surface area contributed by atoms with Crippen LogP contribution in [0, 0.1) is 12.3 Å². The third kappa shape index (κ3) is 3.62. The highest BCUT2D eigenvalue weighted by Crippen LogP contribution is 2.27. The first-order chi connectivity index (χ1) is 7.58. The van der Waals surface area contributed by atoms with Crippen LogP contribution in [-0.2, 0) is 0 Å². The van der Waals surface area contributed by atoms with Crippen molar-refractivity contribution < 1.29 is 0 Å². The first kappa shape index (κ1) is 13.8. The van der Waals surface area contributed by atoms with Gasteiger partial charge in [-0.05, 0) is 31.0 Å². The fourth-order valence-electron chi connectivity index (χ4n) is 1.53. The van der Waals surface area contributed by atoms with Crippen LogP contribution in [0.15, 0.2) is 27.1 Å². The van der Waals surface area contributed by atoms with Gasteiger partial charge < -0.3 is 0 Å². The number of halogens is 2. The molecule has 0 heterocycles. The van der Waals surface area contributed by atoms with Gasteiger partial charge in [-0.2, -0.15) is 0 Å². The fraction of sp³-hybridized carbons (Fsp3) is 0.385. The summed E-state index contributed by atoms with van der Waals surface area (Å²) in [6.45, 7) is 4.20. The van der Waals surface area contributed by atoms with Crippen LogP contribution in [0.2, 0.25) is 0 Å². The van der Waals surface area contributed by atoms with Crippen molar-refractivity contribution in [3.05, 3.63) is 32.7 Å². The average Bonchev–Trinajstić information content (AvgIpc) is 2.25. The molecule has 3 heteroatoms. The van der Waals surface area contributed by atoms with Gasteiger partial charge in [-0.25, -0.2) is 0 Å². The van der Waals surface area contributed by atoms with E-state index in [9.17, 15) is 0 Å². The maximum absolute atomic E-state index is 5.44. The Balaban J connectivity index is 2.81. The zero-order valence-corrected chi connectivity index (χ0v) is 12.6. The average molecular weight is 345 g/mol. The summed E-state index contributed by atoms with van der Waals surface area (Å²) in [4.78, 5) is 0. The summed E-state index contributed by atoms with van der Waals surface area (Å²) in [5, 5.41) is 3.41. The summed E-state index contributed by atoms with van der Waals surface area (Å²) < 4.78 is 2.16. The molecule has 0 fully saturated rings. The first-order valence-corrected chi connectivity index (χ1v) is 6.84. The minimum Gasteiger partial charge on any atom is -0.297 e. The molecule has 86 valence electrons. The molecule has 16 heavy (non-hydrogen) atoms. The molecule has 0 aliphatic carbocycles. The molecular formula is C13H15Br2N. The van der Waals surface area contributed by atoms with Crippen LogP contribution in [0.1, 0.15) is 31.9 Å². The lowest BCUT2D eigenvalue weighted by atomic mass is 10.1. The number of hydrogen-bond donors (Lipinski definition) is 1. The Morgan fingerprint density at radius 2 is 2.12 bits per heavy atom. The van der Waals surface area contributed by atoms with E-state index < -0.39 is 0 Å². The second kappa shape index (κ2) is 6.44. The first-order valence-electron chi connectivity index (χ1n) is 5.25. The fourth-order valence-corrected chi connectivity index (χ4v) is 2.92. The molecule has 0 radical (unpaired) electrons. The predicted octanol–water partition coefficient (Wildman–Crippen LogP) is 4.27. The van der Waals surface area contributed by atoms with Crippen LogP contribution in [-0.4, -0.2) is 6.04 Å². The highest BCUT2D eigenvalue weighted by atomic mass is 79.9. The van der Waals surface area contributed by atoms with Gasteiger partial charge in [-0.15, -0.1) is 6.42 Å². The standard InChI is InChI=1S/C13H15Br2N/c1-4-11(5-2)16-9(3)12-7-6-10(14)8-13(12)15/h1,6-9,11,16H,5H2,2-3H3. The highest BCUT2D eigenvalue weighted by Gasteiger charge is 2.12. The van der Waals surface area contributed by atoms with Crippen LogP contribution in [0.25, 0.3) is 0 Å². The lowest BCUT2D eigenvalue weighted by Crippen LogP contribution is -2.29. The molecule has 0 aliphatic heterocycles. The normalized spacial score (nSPS) is 14.2. The number of rotatable bonds is 4. The SMILES string of the molecule is C#CC(CC)NC(C)c1ccc(Br)cc1Br. The van der Waals surface area contributed by atoms with Gasteiger partial charge in [0.15, 0.2) is 0 Å². The van der Waals surface area contributed by atoms with E-state index in [1.165, 1.54) is 5.56 Å². The Kier molecular flexibility index (Phi) is 5.54. The third-order valence-electron chi connectivity index (χ3n) is 2.49. The van der Waals surface area contributed by atoms with E-state index in [1.807, 2.05) is 12.1 Å². The summed E-state index contributed by atoms with van der Waals surface area (Å²) in [6.07, 6.45) is 6.38. The van der Waals surface area contributed by atoms with Gasteiger partial charge in [0.25, 0.3) is 0 Å². The highest BCUT2D eigenvalue weighted by molar-refractivity contribution is 9.11. The largest absolute Gasteiger partial charge is 0.297 e. The van der Waals surface area contributed by atoms with Gasteiger partial charge in [0, 0.05) is 15.0 Å². The molecule has 2 unspecified atom stereocenters. The van der Waals surface area contributed by atoms with Crippen LogP contribution < -0.4 is 5.32 Å². The molecule has 0 saturated carbocycles. The topological polar surface area (TPSA) is 12.0 Å². The van der Waals surface area contributed by atoms with Gasteiger partial charge in [-0.1, -0.05) is 50.8 Å². The van der Waals surface area contributed by atoms with E-state index in [-0.39, 0.29) is 12.1 Å². The molecular weight excluding hydrogens is 330 g/mol. The van der Waals surface area contributed by atoms with E-state index in [0.29, 0.717) is 0 Å². The van der Waals surface area contributed by atoms with Crippen molar-refractivity contribution in [1.82, 2.24) is 5.32 Å². The third-order valence-corrected chi connectivity index (χ3v) is 3.67. The van der Waals surface area contributed by atoms with Crippen molar-refractivity contribution in [2.45, 2.75) is 32.4 Å². The Morgan fingerprint density at radius 1 is 1.44 bits per heavy atom. The van der Waals surface area contributed by atoms with E-state index in [1.54, 1.807) is 0 Å². The predicted molar refractivity (Wildman–Crippen MR) is 76.3 cm³/mol. The zero-order chi connectivity index (χ0) is 12.1. The van der Waals surface area contributed by atoms with Gasteiger partial charge in [0.05, 0.1) is 6.04 Å². The smallest absolute Gasteiger partial charge is 0.0688 e. The molecule has 0 aliphatic rings. The number of benzene rings is 1. The number of terminal acetylenes is 1. The Hall–Kier alpha value is -0.300. The molecule has 0 amide bonds. The van der Waals surface area contributed by atoms with E-state index in [0.717, 1.165) is 15.4 Å². The summed E-state index contributed by atoms with van der Waals surface area (Å²) in [7, 11) is 0. The summed E-state index contributed by atoms with van der Waals surface area (Å²) >= 11 is 7.00. The summed E-state index contributed by atoms with van der Waals surface area (Å²) in [5.41, 5.74) is 1.22. The van der Waals surface area contributed by atoms with E-state index in [2.05, 4.69) is 63.0 Å². The molecule has 1 nitrogen and oxygen atoms in total. The number of hydrogen-bond acceptors (Lipinski definition) is 1. The maximum Gasteiger partial charge on any atom is 0.0688 e. The Morgan fingerprint density at radius 3 is 2.62 bits per heavy atom. The quantitative estimate of drug-likeness (QED) is 0.804. The Labute approximate surface area is 114 Å². The molecule has 1 N–H and O–H groups in total. The van der Waals surface area contributed by atoms with Crippen LogP contribution in [0.3, 0.4) is 0 Å². The van der Waals surface area contributed by atoms with Gasteiger partial charge in [-0.3, -0.25) is 5.32 Å². The van der Waals surface area contributed by atoms with E-state index in [4.69, 9.17) is 6.42 Å². The minimum absolute atomic E-state index is 0.130. The van der Waals surface area contributed by atoms with Crippen molar-refractivity contribution in [2.75, 3.05) is 0 Å². The second-order valence-electron chi connectivity index (χ2n) is 3.68. The van der Waals surface area contributed by atoms with E-state index >= 15 is 0 Å². The molecule has 0 spiro atoms. The summed E-state index contributed by atoms with van der Waals surface area (Å²) in [6, 6.07) is 6.54. The van der Waals surface area contributed by atoms with Crippen LogP contribution in [0.5, 0.6) is 0 Å². The molecule has 0 bridgehead atoms. The minimum atomic E-state index is 0.130. The van der Waals surface area contributed by atoms with Crippen molar-refractivity contribution in [2.24, 2.45) is 0 Å². The Bertz CT molecular complexity index is 395. The molecule has 1 aromatic carbocycles. The lowest BCUT2D eigenvalue weighted by Gasteiger charge is -2.19. The maximum atomic E-state index is 5.44. The van der Waals surface area contributed by atoms with Crippen molar-refractivity contribution in [3.63, 3.8) is 0 Å². The van der Waals surface area contributed by atoms with Crippen molar-refractivity contribution >= 4 is 31.9 Å². The lowest BCUT2D eigenvalue weighted by molar-refractivity contribution is 0.511. The van der Waals surface area contributed by atoms with Gasteiger partial charge >= 0.3 is 0 Å². The zero-order valence-electron chi connectivity index (χ0n) is 9.43. The monoisotopic (exact) mass is 343 g/mol. The second-order valence-corrected chi connectivity index (χ2v) is 5.45. The van der Waals surface area contributed by atoms with Crippen molar-refractivity contribution in [3.8, 4) is 12.3 Å². The molecule has 1 rings (SSSR count). The van der Waals surface area contributed by atoms with Crippen LogP contribution in [0.4, 0.5) is 0 Å².